The number of carbonyl (C=O) groups excluding carboxylic acids is 1. The summed E-state index contributed by atoms with van der Waals surface area (Å²) in [7, 11) is 0. The van der Waals surface area contributed by atoms with E-state index < -0.39 is 11.2 Å². The molecule has 1 amide bonds. The van der Waals surface area contributed by atoms with Crippen molar-refractivity contribution >= 4 is 17.3 Å². The highest BCUT2D eigenvalue weighted by Gasteiger charge is 2.30. The molecule has 0 aliphatic carbocycles. The van der Waals surface area contributed by atoms with E-state index >= 15 is 0 Å². The minimum absolute atomic E-state index is 0.0162. The summed E-state index contributed by atoms with van der Waals surface area (Å²) in [5, 5.41) is 14.1. The van der Waals surface area contributed by atoms with E-state index in [0.29, 0.717) is 16.9 Å². The number of carbonyl (C=O) groups is 1. The molecule has 2 aromatic carbocycles. The van der Waals surface area contributed by atoms with Crippen molar-refractivity contribution in [2.75, 3.05) is 18.0 Å². The van der Waals surface area contributed by atoms with Crippen molar-refractivity contribution in [2.45, 2.75) is 25.5 Å². The van der Waals surface area contributed by atoms with Gasteiger partial charge in [-0.1, -0.05) is 12.1 Å². The van der Waals surface area contributed by atoms with E-state index in [0.717, 1.165) is 31.6 Å². The molecule has 2 aliphatic rings. The van der Waals surface area contributed by atoms with Crippen LogP contribution in [-0.2, 0) is 0 Å². The lowest BCUT2D eigenvalue weighted by Gasteiger charge is -2.34. The van der Waals surface area contributed by atoms with E-state index in [2.05, 4.69) is 10.2 Å². The summed E-state index contributed by atoms with van der Waals surface area (Å²) in [6, 6.07) is 11.8. The average molecular weight is 353 g/mol. The van der Waals surface area contributed by atoms with Crippen LogP contribution in [0.2, 0.25) is 0 Å². The highest BCUT2D eigenvalue weighted by Crippen LogP contribution is 2.36. The summed E-state index contributed by atoms with van der Waals surface area (Å²) < 4.78 is 5.97. The first kappa shape index (κ1) is 16.4. The van der Waals surface area contributed by atoms with Gasteiger partial charge < -0.3 is 15.0 Å². The van der Waals surface area contributed by atoms with Gasteiger partial charge in [0.2, 0.25) is 6.23 Å². The molecule has 1 unspecified atom stereocenters. The molecule has 0 spiro atoms. The second-order valence-corrected chi connectivity index (χ2v) is 6.52. The molecule has 1 N–H and O–H groups in total. The molecule has 2 heterocycles. The van der Waals surface area contributed by atoms with Gasteiger partial charge in [-0.2, -0.15) is 0 Å². The van der Waals surface area contributed by atoms with Gasteiger partial charge in [0.15, 0.2) is 0 Å². The predicted octanol–water partition coefficient (Wildman–Crippen LogP) is 3.41. The molecule has 2 aromatic rings. The van der Waals surface area contributed by atoms with Gasteiger partial charge in [-0.3, -0.25) is 14.9 Å². The van der Waals surface area contributed by atoms with E-state index in [1.54, 1.807) is 30.3 Å². The molecule has 1 fully saturated rings. The maximum Gasteiger partial charge on any atom is 0.270 e. The summed E-state index contributed by atoms with van der Waals surface area (Å²) in [6.45, 7) is 1.78. The minimum Gasteiger partial charge on any atom is -0.465 e. The number of rotatable bonds is 3. The topological polar surface area (TPSA) is 84.7 Å². The quantitative estimate of drug-likeness (QED) is 0.675. The molecule has 7 heteroatoms. The summed E-state index contributed by atoms with van der Waals surface area (Å²) in [6.07, 6.45) is 2.59. The summed E-state index contributed by atoms with van der Waals surface area (Å²) in [4.78, 5) is 25.5. The number of hydrogen-bond donors (Lipinski definition) is 1. The van der Waals surface area contributed by atoms with Gasteiger partial charge in [0.05, 0.1) is 10.5 Å². The number of ether oxygens (including phenoxy) is 1. The Hall–Kier alpha value is -3.09. The van der Waals surface area contributed by atoms with Crippen LogP contribution < -0.4 is 15.0 Å². The predicted molar refractivity (Wildman–Crippen MR) is 96.4 cm³/mol. The first-order chi connectivity index (χ1) is 12.6. The zero-order valence-corrected chi connectivity index (χ0v) is 14.2. The number of amides is 1. The molecule has 0 radical (unpaired) electrons. The third kappa shape index (κ3) is 2.96. The molecular formula is C19H19N3O4. The second-order valence-electron chi connectivity index (χ2n) is 6.52. The summed E-state index contributed by atoms with van der Waals surface area (Å²) in [5.74, 6) is 0.241. The number of anilines is 1. The number of para-hydroxylation sites is 1. The van der Waals surface area contributed by atoms with Crippen molar-refractivity contribution in [2.24, 2.45) is 0 Å². The molecule has 26 heavy (non-hydrogen) atoms. The number of piperidine rings is 1. The van der Waals surface area contributed by atoms with E-state index in [-0.39, 0.29) is 11.6 Å². The number of fused-ring (bicyclic) bond motifs is 1. The molecule has 2 aliphatic heterocycles. The zero-order chi connectivity index (χ0) is 18.1. The molecule has 1 atom stereocenters. The number of hydrogen-bond acceptors (Lipinski definition) is 5. The van der Waals surface area contributed by atoms with Crippen molar-refractivity contribution < 1.29 is 14.5 Å². The molecular weight excluding hydrogens is 334 g/mol. The molecule has 0 bridgehead atoms. The number of non-ortho nitro benzene ring substituents is 1. The summed E-state index contributed by atoms with van der Waals surface area (Å²) >= 11 is 0. The lowest BCUT2D eigenvalue weighted by atomic mass is 10.0. The first-order valence-electron chi connectivity index (χ1n) is 8.73. The lowest BCUT2D eigenvalue weighted by molar-refractivity contribution is -0.385. The summed E-state index contributed by atoms with van der Waals surface area (Å²) in [5.41, 5.74) is 1.94. The van der Waals surface area contributed by atoms with Gasteiger partial charge in [0.1, 0.15) is 5.75 Å². The normalized spacial score (nSPS) is 19.3. The number of nitrogens with zero attached hydrogens (tertiary/aromatic N) is 2. The Bertz CT molecular complexity index is 862. The standard InChI is InChI=1S/C19H19N3O4/c23-18-14-6-2-3-7-17(14)26-19(20-18)15-12-13(22(24)25)8-9-16(15)21-10-4-1-5-11-21/h2-3,6-9,12,19H,1,4-5,10-11H2,(H,20,23). The smallest absolute Gasteiger partial charge is 0.270 e. The van der Waals surface area contributed by atoms with Gasteiger partial charge >= 0.3 is 0 Å². The monoisotopic (exact) mass is 353 g/mol. The Labute approximate surface area is 150 Å². The van der Waals surface area contributed by atoms with Crippen molar-refractivity contribution in [3.05, 3.63) is 63.7 Å². The van der Waals surface area contributed by atoms with Crippen LogP contribution in [0.4, 0.5) is 11.4 Å². The van der Waals surface area contributed by atoms with Gasteiger partial charge in [-0.15, -0.1) is 0 Å². The molecule has 0 aromatic heterocycles. The number of benzene rings is 2. The molecule has 4 rings (SSSR count). The molecule has 134 valence electrons. The fourth-order valence-corrected chi connectivity index (χ4v) is 3.54. The van der Waals surface area contributed by atoms with Gasteiger partial charge in [-0.05, 0) is 37.5 Å². The fourth-order valence-electron chi connectivity index (χ4n) is 3.54. The Morgan fingerprint density at radius 1 is 1.12 bits per heavy atom. The second kappa shape index (κ2) is 6.67. The minimum atomic E-state index is -0.755. The lowest BCUT2D eigenvalue weighted by Crippen LogP contribution is -2.38. The van der Waals surface area contributed by atoms with Crippen LogP contribution >= 0.6 is 0 Å². The maximum absolute atomic E-state index is 12.4. The van der Waals surface area contributed by atoms with E-state index in [1.165, 1.54) is 18.6 Å². The first-order valence-corrected chi connectivity index (χ1v) is 8.73. The van der Waals surface area contributed by atoms with Gasteiger partial charge in [-0.25, -0.2) is 0 Å². The van der Waals surface area contributed by atoms with Gasteiger partial charge in [0, 0.05) is 36.5 Å². The fraction of sp³-hybridized carbons (Fsp3) is 0.316. The largest absolute Gasteiger partial charge is 0.465 e. The SMILES string of the molecule is O=C1NC(c2cc([N+](=O)[O-])ccc2N2CCCCC2)Oc2ccccc21. The van der Waals surface area contributed by atoms with Crippen LogP contribution in [0.1, 0.15) is 41.4 Å². The van der Waals surface area contributed by atoms with Crippen molar-refractivity contribution in [1.29, 1.82) is 0 Å². The Morgan fingerprint density at radius 3 is 2.65 bits per heavy atom. The molecule has 7 nitrogen and oxygen atoms in total. The third-order valence-electron chi connectivity index (χ3n) is 4.84. The number of nitro benzene ring substituents is 1. The number of nitro groups is 1. The van der Waals surface area contributed by atoms with Crippen LogP contribution in [0.25, 0.3) is 0 Å². The van der Waals surface area contributed by atoms with E-state index in [4.69, 9.17) is 4.74 Å². The Morgan fingerprint density at radius 2 is 1.88 bits per heavy atom. The maximum atomic E-state index is 12.4. The highest BCUT2D eigenvalue weighted by molar-refractivity contribution is 5.98. The zero-order valence-electron chi connectivity index (χ0n) is 14.2. The van der Waals surface area contributed by atoms with Crippen LogP contribution in [0.5, 0.6) is 5.75 Å². The van der Waals surface area contributed by atoms with Crippen LogP contribution in [0.15, 0.2) is 42.5 Å². The molecule has 1 saturated heterocycles. The van der Waals surface area contributed by atoms with Crippen molar-refractivity contribution in [1.82, 2.24) is 5.32 Å². The average Bonchev–Trinajstić information content (AvgIpc) is 2.68. The Balaban J connectivity index is 1.75. The van der Waals surface area contributed by atoms with Crippen molar-refractivity contribution in [3.63, 3.8) is 0 Å². The Kier molecular flexibility index (Phi) is 4.20. The van der Waals surface area contributed by atoms with E-state index in [1.807, 2.05) is 0 Å². The number of nitrogens with one attached hydrogen (secondary N) is 1. The van der Waals surface area contributed by atoms with Crippen LogP contribution in [0, 0.1) is 10.1 Å². The van der Waals surface area contributed by atoms with E-state index in [9.17, 15) is 14.9 Å². The van der Waals surface area contributed by atoms with Crippen LogP contribution in [-0.4, -0.2) is 23.9 Å². The highest BCUT2D eigenvalue weighted by atomic mass is 16.6. The van der Waals surface area contributed by atoms with Gasteiger partial charge in [0.25, 0.3) is 11.6 Å². The molecule has 0 saturated carbocycles. The van der Waals surface area contributed by atoms with Crippen LogP contribution in [0.3, 0.4) is 0 Å². The third-order valence-corrected chi connectivity index (χ3v) is 4.84. The van der Waals surface area contributed by atoms with Crippen molar-refractivity contribution in [3.8, 4) is 5.75 Å².